The van der Waals surface area contributed by atoms with Gasteiger partial charge in [-0.15, -0.1) is 5.10 Å². The van der Waals surface area contributed by atoms with Crippen LogP contribution in [-0.4, -0.2) is 40.5 Å². The van der Waals surface area contributed by atoms with Gasteiger partial charge in [0, 0.05) is 6.54 Å². The summed E-state index contributed by atoms with van der Waals surface area (Å²) in [6, 6.07) is 0. The Balaban J connectivity index is 2.00. The highest BCUT2D eigenvalue weighted by Gasteiger charge is 2.23. The number of ether oxygens (including phenoxy) is 1. The zero-order valence-corrected chi connectivity index (χ0v) is 11.2. The van der Waals surface area contributed by atoms with Gasteiger partial charge in [-0.2, -0.15) is 0 Å². The fourth-order valence-electron chi connectivity index (χ4n) is 1.84. The van der Waals surface area contributed by atoms with Crippen LogP contribution in [0.1, 0.15) is 35.9 Å². The number of rotatable bonds is 6. The van der Waals surface area contributed by atoms with Crippen LogP contribution >= 0.6 is 0 Å². The molecule has 1 N–H and O–H groups in total. The zero-order valence-electron chi connectivity index (χ0n) is 11.2. The Morgan fingerprint density at radius 1 is 1.47 bits per heavy atom. The lowest BCUT2D eigenvalue weighted by Crippen LogP contribution is -2.30. The summed E-state index contributed by atoms with van der Waals surface area (Å²) in [7, 11) is 1.29. The van der Waals surface area contributed by atoms with Gasteiger partial charge in [0.1, 0.15) is 6.54 Å². The highest BCUT2D eigenvalue weighted by atomic mass is 16.5. The lowest BCUT2D eigenvalue weighted by atomic mass is 10.2. The SMILES string of the molecule is CCc1c(C(=O)OC)nnn1CC(=O)NCC1CC1. The standard InChI is InChI=1S/C12H18N4O3/c1-3-9-11(12(18)19-2)14-15-16(9)7-10(17)13-6-8-4-5-8/h8H,3-7H2,1-2H3,(H,13,17). The van der Waals surface area contributed by atoms with E-state index in [-0.39, 0.29) is 18.1 Å². The van der Waals surface area contributed by atoms with E-state index in [0.717, 1.165) is 6.54 Å². The lowest BCUT2D eigenvalue weighted by Gasteiger charge is -2.06. The van der Waals surface area contributed by atoms with Crippen molar-refractivity contribution >= 4 is 11.9 Å². The molecule has 0 atom stereocenters. The molecular weight excluding hydrogens is 248 g/mol. The fraction of sp³-hybridized carbons (Fsp3) is 0.667. The van der Waals surface area contributed by atoms with Crippen LogP contribution in [0.5, 0.6) is 0 Å². The first-order valence-electron chi connectivity index (χ1n) is 6.43. The van der Waals surface area contributed by atoms with Crippen LogP contribution in [0.2, 0.25) is 0 Å². The van der Waals surface area contributed by atoms with Crippen molar-refractivity contribution in [3.8, 4) is 0 Å². The molecule has 104 valence electrons. The quantitative estimate of drug-likeness (QED) is 0.741. The van der Waals surface area contributed by atoms with Gasteiger partial charge in [-0.25, -0.2) is 9.48 Å². The second-order valence-corrected chi connectivity index (χ2v) is 4.63. The Hall–Kier alpha value is -1.92. The molecule has 0 bridgehead atoms. The molecule has 0 unspecified atom stereocenters. The van der Waals surface area contributed by atoms with Crippen molar-refractivity contribution in [1.82, 2.24) is 20.3 Å². The summed E-state index contributed by atoms with van der Waals surface area (Å²) in [5.74, 6) is 0.000349. The Morgan fingerprint density at radius 3 is 2.79 bits per heavy atom. The van der Waals surface area contributed by atoms with Gasteiger partial charge in [0.25, 0.3) is 0 Å². The van der Waals surface area contributed by atoms with E-state index < -0.39 is 5.97 Å². The minimum Gasteiger partial charge on any atom is -0.464 e. The van der Waals surface area contributed by atoms with Crippen molar-refractivity contribution in [3.05, 3.63) is 11.4 Å². The maximum Gasteiger partial charge on any atom is 0.360 e. The molecule has 1 aliphatic carbocycles. The number of nitrogens with zero attached hydrogens (tertiary/aromatic N) is 3. The third kappa shape index (κ3) is 3.30. The van der Waals surface area contributed by atoms with E-state index in [1.165, 1.54) is 24.6 Å². The average molecular weight is 266 g/mol. The van der Waals surface area contributed by atoms with Crippen LogP contribution in [0, 0.1) is 5.92 Å². The topological polar surface area (TPSA) is 86.1 Å². The largest absolute Gasteiger partial charge is 0.464 e. The van der Waals surface area contributed by atoms with Crippen LogP contribution in [0.25, 0.3) is 0 Å². The molecule has 1 fully saturated rings. The fourth-order valence-corrected chi connectivity index (χ4v) is 1.84. The number of hydrogen-bond acceptors (Lipinski definition) is 5. The van der Waals surface area contributed by atoms with Gasteiger partial charge < -0.3 is 10.1 Å². The highest BCUT2D eigenvalue weighted by molar-refractivity contribution is 5.88. The second kappa shape index (κ2) is 5.81. The van der Waals surface area contributed by atoms with Crippen LogP contribution < -0.4 is 5.32 Å². The molecule has 19 heavy (non-hydrogen) atoms. The maximum absolute atomic E-state index is 11.7. The molecule has 0 aliphatic heterocycles. The molecule has 0 saturated heterocycles. The van der Waals surface area contributed by atoms with E-state index in [1.54, 1.807) is 0 Å². The number of carbonyl (C=O) groups excluding carboxylic acids is 2. The predicted octanol–water partition coefficient (Wildman–Crippen LogP) is 0.153. The summed E-state index contributed by atoms with van der Waals surface area (Å²) in [6.45, 7) is 2.68. The summed E-state index contributed by atoms with van der Waals surface area (Å²) in [6.07, 6.45) is 2.94. The first-order chi connectivity index (χ1) is 9.15. The Morgan fingerprint density at radius 2 is 2.21 bits per heavy atom. The molecule has 1 heterocycles. The molecule has 1 aromatic rings. The van der Waals surface area contributed by atoms with E-state index in [1.807, 2.05) is 6.92 Å². The third-order valence-electron chi connectivity index (χ3n) is 3.13. The van der Waals surface area contributed by atoms with Gasteiger partial charge in [-0.1, -0.05) is 12.1 Å². The molecule has 1 saturated carbocycles. The average Bonchev–Trinajstić information content (AvgIpc) is 3.16. The molecule has 1 amide bonds. The van der Waals surface area contributed by atoms with Crippen molar-refractivity contribution in [2.75, 3.05) is 13.7 Å². The maximum atomic E-state index is 11.7. The number of amides is 1. The van der Waals surface area contributed by atoms with E-state index in [0.29, 0.717) is 18.0 Å². The molecule has 7 nitrogen and oxygen atoms in total. The van der Waals surface area contributed by atoms with Gasteiger partial charge in [-0.3, -0.25) is 4.79 Å². The van der Waals surface area contributed by atoms with Crippen LogP contribution in [0.4, 0.5) is 0 Å². The number of esters is 1. The normalized spacial score (nSPS) is 14.2. The molecule has 0 spiro atoms. The van der Waals surface area contributed by atoms with E-state index in [9.17, 15) is 9.59 Å². The van der Waals surface area contributed by atoms with Crippen molar-refractivity contribution < 1.29 is 14.3 Å². The Kier molecular flexibility index (Phi) is 4.13. The van der Waals surface area contributed by atoms with E-state index in [4.69, 9.17) is 0 Å². The molecular formula is C12H18N4O3. The number of nitrogens with one attached hydrogen (secondary N) is 1. The zero-order chi connectivity index (χ0) is 13.8. The first-order valence-corrected chi connectivity index (χ1v) is 6.43. The molecule has 0 aromatic carbocycles. The summed E-state index contributed by atoms with van der Waals surface area (Å²) in [4.78, 5) is 23.2. The van der Waals surface area contributed by atoms with Crippen molar-refractivity contribution in [1.29, 1.82) is 0 Å². The highest BCUT2D eigenvalue weighted by Crippen LogP contribution is 2.27. The van der Waals surface area contributed by atoms with Crippen molar-refractivity contribution in [2.24, 2.45) is 5.92 Å². The number of hydrogen-bond donors (Lipinski definition) is 1. The molecule has 1 aromatic heterocycles. The van der Waals surface area contributed by atoms with Gasteiger partial charge in [0.15, 0.2) is 5.69 Å². The second-order valence-electron chi connectivity index (χ2n) is 4.63. The van der Waals surface area contributed by atoms with Crippen molar-refractivity contribution in [2.45, 2.75) is 32.7 Å². The Bertz CT molecular complexity index is 479. The molecule has 0 radical (unpaired) electrons. The number of aromatic nitrogens is 3. The monoisotopic (exact) mass is 266 g/mol. The van der Waals surface area contributed by atoms with Gasteiger partial charge in [0.2, 0.25) is 5.91 Å². The lowest BCUT2D eigenvalue weighted by molar-refractivity contribution is -0.121. The van der Waals surface area contributed by atoms with Gasteiger partial charge in [0.05, 0.1) is 12.8 Å². The van der Waals surface area contributed by atoms with Crippen molar-refractivity contribution in [3.63, 3.8) is 0 Å². The summed E-state index contributed by atoms with van der Waals surface area (Å²) in [5, 5.41) is 10.5. The van der Waals surface area contributed by atoms with Crippen LogP contribution in [-0.2, 0) is 22.5 Å². The van der Waals surface area contributed by atoms with Gasteiger partial charge >= 0.3 is 5.97 Å². The van der Waals surface area contributed by atoms with E-state index in [2.05, 4.69) is 20.4 Å². The third-order valence-corrected chi connectivity index (χ3v) is 3.13. The first kappa shape index (κ1) is 13.5. The predicted molar refractivity (Wildman–Crippen MR) is 66.5 cm³/mol. The Labute approximate surface area is 111 Å². The smallest absolute Gasteiger partial charge is 0.360 e. The molecule has 2 rings (SSSR count). The van der Waals surface area contributed by atoms with Crippen LogP contribution in [0.3, 0.4) is 0 Å². The van der Waals surface area contributed by atoms with Gasteiger partial charge in [-0.05, 0) is 25.2 Å². The van der Waals surface area contributed by atoms with E-state index >= 15 is 0 Å². The van der Waals surface area contributed by atoms with Crippen LogP contribution in [0.15, 0.2) is 0 Å². The number of methoxy groups -OCH3 is 1. The summed E-state index contributed by atoms with van der Waals surface area (Å²) >= 11 is 0. The molecule has 7 heteroatoms. The number of carbonyl (C=O) groups is 2. The summed E-state index contributed by atoms with van der Waals surface area (Å²) < 4.78 is 6.08. The summed E-state index contributed by atoms with van der Waals surface area (Å²) in [5.41, 5.74) is 0.799. The molecule has 1 aliphatic rings. The minimum absolute atomic E-state index is 0.0832. The minimum atomic E-state index is -0.526.